The van der Waals surface area contributed by atoms with Gasteiger partial charge < -0.3 is 4.57 Å². The topological polar surface area (TPSA) is 68.1 Å². The summed E-state index contributed by atoms with van der Waals surface area (Å²) in [6, 6.07) is 0. The molecular weight excluding hydrogens is 276 g/mol. The van der Waals surface area contributed by atoms with E-state index in [0.29, 0.717) is 13.0 Å². The summed E-state index contributed by atoms with van der Waals surface area (Å²) in [4.78, 5) is 24.9. The fraction of sp³-hybridized carbons (Fsp3) is 0.692. The molecule has 6 nitrogen and oxygen atoms in total. The first-order valence-electron chi connectivity index (χ1n) is 7.14. The van der Waals surface area contributed by atoms with Crippen molar-refractivity contribution in [2.45, 2.75) is 50.2 Å². The van der Waals surface area contributed by atoms with Gasteiger partial charge in [0, 0.05) is 25.9 Å². The zero-order chi connectivity index (χ0) is 13.9. The van der Waals surface area contributed by atoms with Crippen LogP contribution in [-0.4, -0.2) is 43.8 Å². The Labute approximate surface area is 121 Å². The minimum Gasteiger partial charge on any atom is -0.306 e. The van der Waals surface area contributed by atoms with Crippen LogP contribution < -0.4 is 0 Å². The van der Waals surface area contributed by atoms with Gasteiger partial charge in [-0.3, -0.25) is 14.5 Å². The van der Waals surface area contributed by atoms with Crippen LogP contribution in [-0.2, 0) is 22.6 Å². The van der Waals surface area contributed by atoms with Gasteiger partial charge >= 0.3 is 0 Å². The lowest BCUT2D eigenvalue weighted by molar-refractivity contribution is -0.140. The van der Waals surface area contributed by atoms with Gasteiger partial charge in [-0.2, -0.15) is 0 Å². The van der Waals surface area contributed by atoms with Crippen molar-refractivity contribution in [2.24, 2.45) is 0 Å². The molecule has 108 valence electrons. The highest BCUT2D eigenvalue weighted by molar-refractivity contribution is 7.99. The van der Waals surface area contributed by atoms with E-state index in [4.69, 9.17) is 0 Å². The van der Waals surface area contributed by atoms with Crippen molar-refractivity contribution in [3.05, 3.63) is 5.82 Å². The zero-order valence-corrected chi connectivity index (χ0v) is 12.2. The van der Waals surface area contributed by atoms with Gasteiger partial charge in [-0.25, -0.2) is 0 Å². The van der Waals surface area contributed by atoms with Crippen LogP contribution in [0.3, 0.4) is 0 Å². The standard InChI is InChI=1S/C13H18N4O2S/c18-11-6-4-8-17(11)12(19)9-20-13-15-14-10-5-2-1-3-7-16(10)13/h1-9H2. The van der Waals surface area contributed by atoms with Crippen molar-refractivity contribution in [2.75, 3.05) is 12.3 Å². The number of likely N-dealkylation sites (tertiary alicyclic amines) is 1. The Morgan fingerprint density at radius 3 is 2.80 bits per heavy atom. The average molecular weight is 294 g/mol. The Balaban J connectivity index is 1.62. The Bertz CT molecular complexity index is 528. The molecule has 0 bridgehead atoms. The second-order valence-corrected chi connectivity index (χ2v) is 6.13. The molecule has 0 unspecified atom stereocenters. The van der Waals surface area contributed by atoms with Crippen molar-refractivity contribution < 1.29 is 9.59 Å². The summed E-state index contributed by atoms with van der Waals surface area (Å²) in [5.41, 5.74) is 0. The molecule has 1 aromatic heterocycles. The van der Waals surface area contributed by atoms with E-state index in [-0.39, 0.29) is 17.6 Å². The number of hydrogen-bond donors (Lipinski definition) is 0. The van der Waals surface area contributed by atoms with Gasteiger partial charge in [0.05, 0.1) is 5.75 Å². The third-order valence-corrected chi connectivity index (χ3v) is 4.73. The average Bonchev–Trinajstić information content (AvgIpc) is 2.96. The molecule has 7 heteroatoms. The molecule has 0 radical (unpaired) electrons. The molecule has 3 rings (SSSR count). The molecule has 0 N–H and O–H groups in total. The summed E-state index contributed by atoms with van der Waals surface area (Å²) < 4.78 is 2.12. The first-order chi connectivity index (χ1) is 9.75. The van der Waals surface area contributed by atoms with E-state index in [1.165, 1.54) is 23.1 Å². The third-order valence-electron chi connectivity index (χ3n) is 3.77. The van der Waals surface area contributed by atoms with Gasteiger partial charge in [0.2, 0.25) is 11.8 Å². The minimum absolute atomic E-state index is 0.0457. The van der Waals surface area contributed by atoms with Crippen molar-refractivity contribution >= 4 is 23.6 Å². The van der Waals surface area contributed by atoms with E-state index >= 15 is 0 Å². The number of amides is 2. The van der Waals surface area contributed by atoms with Crippen LogP contribution in [0.4, 0.5) is 0 Å². The fourth-order valence-corrected chi connectivity index (χ4v) is 3.54. The van der Waals surface area contributed by atoms with Gasteiger partial charge in [-0.15, -0.1) is 10.2 Å². The summed E-state index contributed by atoms with van der Waals surface area (Å²) in [5.74, 6) is 1.14. The van der Waals surface area contributed by atoms with Gasteiger partial charge in [0.25, 0.3) is 0 Å². The van der Waals surface area contributed by atoms with Crippen LogP contribution in [0.1, 0.15) is 37.9 Å². The Hall–Kier alpha value is -1.37. The van der Waals surface area contributed by atoms with E-state index in [2.05, 4.69) is 14.8 Å². The largest absolute Gasteiger partial charge is 0.306 e. The maximum atomic E-state index is 12.0. The van der Waals surface area contributed by atoms with Crippen LogP contribution in [0.25, 0.3) is 0 Å². The van der Waals surface area contributed by atoms with Crippen molar-refractivity contribution in [1.29, 1.82) is 0 Å². The van der Waals surface area contributed by atoms with Crippen molar-refractivity contribution in [1.82, 2.24) is 19.7 Å². The monoisotopic (exact) mass is 294 g/mol. The van der Waals surface area contributed by atoms with E-state index in [0.717, 1.165) is 43.2 Å². The molecule has 0 aromatic carbocycles. The summed E-state index contributed by atoms with van der Waals surface area (Å²) in [7, 11) is 0. The Morgan fingerprint density at radius 2 is 2.00 bits per heavy atom. The van der Waals surface area contributed by atoms with Gasteiger partial charge in [0.15, 0.2) is 5.16 Å². The zero-order valence-electron chi connectivity index (χ0n) is 11.4. The maximum absolute atomic E-state index is 12.0. The molecular formula is C13H18N4O2S. The molecule has 2 aliphatic rings. The third kappa shape index (κ3) is 2.72. The highest BCUT2D eigenvalue weighted by Gasteiger charge is 2.26. The molecule has 1 fully saturated rings. The summed E-state index contributed by atoms with van der Waals surface area (Å²) in [6.45, 7) is 1.50. The fourth-order valence-electron chi connectivity index (χ4n) is 2.68. The lowest BCUT2D eigenvalue weighted by Crippen LogP contribution is -2.33. The normalized spacial score (nSPS) is 19.0. The molecule has 1 saturated heterocycles. The van der Waals surface area contributed by atoms with Crippen LogP contribution in [0.2, 0.25) is 0 Å². The van der Waals surface area contributed by atoms with Gasteiger partial charge in [-0.1, -0.05) is 18.2 Å². The molecule has 1 aromatic rings. The smallest absolute Gasteiger partial charge is 0.239 e. The maximum Gasteiger partial charge on any atom is 0.239 e. The van der Waals surface area contributed by atoms with E-state index in [1.807, 2.05) is 0 Å². The number of fused-ring (bicyclic) bond motifs is 1. The number of aryl methyl sites for hydroxylation is 1. The minimum atomic E-state index is -0.108. The highest BCUT2D eigenvalue weighted by Crippen LogP contribution is 2.22. The number of rotatable bonds is 3. The lowest BCUT2D eigenvalue weighted by Gasteiger charge is -2.13. The molecule has 20 heavy (non-hydrogen) atoms. The first kappa shape index (κ1) is 13.6. The summed E-state index contributed by atoms with van der Waals surface area (Å²) in [5, 5.41) is 9.19. The molecule has 0 aliphatic carbocycles. The lowest BCUT2D eigenvalue weighted by atomic mass is 10.2. The molecule has 2 aliphatic heterocycles. The quantitative estimate of drug-likeness (QED) is 0.785. The van der Waals surface area contributed by atoms with Crippen molar-refractivity contribution in [3.8, 4) is 0 Å². The van der Waals surface area contributed by atoms with E-state index in [9.17, 15) is 9.59 Å². The number of carbonyl (C=O) groups excluding carboxylic acids is 2. The van der Waals surface area contributed by atoms with E-state index < -0.39 is 0 Å². The second kappa shape index (κ2) is 5.95. The number of hydrogen-bond acceptors (Lipinski definition) is 5. The van der Waals surface area contributed by atoms with Crippen LogP contribution >= 0.6 is 11.8 Å². The number of nitrogens with zero attached hydrogens (tertiary/aromatic N) is 4. The van der Waals surface area contributed by atoms with Gasteiger partial charge in [0.1, 0.15) is 5.82 Å². The molecule has 0 spiro atoms. The predicted molar refractivity (Wildman–Crippen MR) is 74.3 cm³/mol. The molecule has 0 saturated carbocycles. The van der Waals surface area contributed by atoms with Crippen LogP contribution in [0, 0.1) is 0 Å². The Kier molecular flexibility index (Phi) is 4.05. The number of imide groups is 1. The van der Waals surface area contributed by atoms with Crippen LogP contribution in [0.5, 0.6) is 0 Å². The summed E-state index contributed by atoms with van der Waals surface area (Å²) in [6.07, 6.45) is 5.76. The number of thioether (sulfide) groups is 1. The van der Waals surface area contributed by atoms with Crippen LogP contribution in [0.15, 0.2) is 5.16 Å². The van der Waals surface area contributed by atoms with Crippen molar-refractivity contribution in [3.63, 3.8) is 0 Å². The van der Waals surface area contributed by atoms with Gasteiger partial charge in [-0.05, 0) is 19.3 Å². The van der Waals surface area contributed by atoms with E-state index in [1.54, 1.807) is 0 Å². The predicted octanol–water partition coefficient (Wildman–Crippen LogP) is 1.25. The highest BCUT2D eigenvalue weighted by atomic mass is 32.2. The second-order valence-electron chi connectivity index (χ2n) is 5.19. The molecule has 0 atom stereocenters. The Morgan fingerprint density at radius 1 is 1.10 bits per heavy atom. The number of aromatic nitrogens is 3. The number of carbonyl (C=O) groups is 2. The summed E-state index contributed by atoms with van der Waals surface area (Å²) >= 11 is 1.39. The molecule has 3 heterocycles. The first-order valence-corrected chi connectivity index (χ1v) is 8.12. The molecule has 2 amide bonds. The SMILES string of the molecule is O=C1CCCN1C(=O)CSc1nnc2n1CCCCC2.